The van der Waals surface area contributed by atoms with Gasteiger partial charge in [-0.1, -0.05) is 19.3 Å². The van der Waals surface area contributed by atoms with Crippen molar-refractivity contribution in [2.45, 2.75) is 37.0 Å². The Kier molecular flexibility index (Phi) is 5.08. The third-order valence-corrected chi connectivity index (χ3v) is 5.67. The summed E-state index contributed by atoms with van der Waals surface area (Å²) in [5, 5.41) is 4.02. The summed E-state index contributed by atoms with van der Waals surface area (Å²) in [6.07, 6.45) is 8.02. The van der Waals surface area contributed by atoms with Crippen LogP contribution < -0.4 is 9.46 Å². The molecule has 1 aromatic carbocycles. The third-order valence-electron chi connectivity index (χ3n) is 4.30. The van der Waals surface area contributed by atoms with Crippen LogP contribution >= 0.6 is 0 Å². The standard InChI is InChI=1S/C17H23N3O3S/c1-20-12-11-17(18-20)19-24(21,22)16-9-7-15(8-10-16)23-13-14-5-3-2-4-6-14/h7-12,14H,2-6,13H2,1H3,(H,18,19). The maximum absolute atomic E-state index is 12.3. The van der Waals surface area contributed by atoms with Crippen LogP contribution in [0.25, 0.3) is 0 Å². The molecule has 7 heteroatoms. The second-order valence-electron chi connectivity index (χ2n) is 6.27. The van der Waals surface area contributed by atoms with E-state index in [1.807, 2.05) is 0 Å². The van der Waals surface area contributed by atoms with E-state index in [-0.39, 0.29) is 4.90 Å². The second-order valence-corrected chi connectivity index (χ2v) is 7.95. The van der Waals surface area contributed by atoms with Gasteiger partial charge >= 0.3 is 0 Å². The number of anilines is 1. The Morgan fingerprint density at radius 2 is 1.88 bits per heavy atom. The first-order chi connectivity index (χ1) is 11.5. The maximum atomic E-state index is 12.3. The van der Waals surface area contributed by atoms with Crippen LogP contribution in [0.4, 0.5) is 5.82 Å². The summed E-state index contributed by atoms with van der Waals surface area (Å²) in [6.45, 7) is 0.707. The number of ether oxygens (including phenoxy) is 1. The van der Waals surface area contributed by atoms with E-state index in [9.17, 15) is 8.42 Å². The lowest BCUT2D eigenvalue weighted by Crippen LogP contribution is -2.15. The fourth-order valence-electron chi connectivity index (χ4n) is 2.95. The molecule has 6 nitrogen and oxygen atoms in total. The Labute approximate surface area is 142 Å². The maximum Gasteiger partial charge on any atom is 0.263 e. The lowest BCUT2D eigenvalue weighted by atomic mass is 9.90. The molecule has 0 spiro atoms. The van der Waals surface area contributed by atoms with Crippen LogP contribution in [-0.2, 0) is 17.1 Å². The lowest BCUT2D eigenvalue weighted by molar-refractivity contribution is 0.209. The van der Waals surface area contributed by atoms with Crippen molar-refractivity contribution in [3.8, 4) is 5.75 Å². The molecule has 1 aliphatic rings. The van der Waals surface area contributed by atoms with E-state index in [0.717, 1.165) is 0 Å². The van der Waals surface area contributed by atoms with Gasteiger partial charge in [-0.25, -0.2) is 8.42 Å². The van der Waals surface area contributed by atoms with E-state index in [1.165, 1.54) is 32.1 Å². The van der Waals surface area contributed by atoms with E-state index >= 15 is 0 Å². The molecule has 0 amide bonds. The van der Waals surface area contributed by atoms with E-state index in [1.54, 1.807) is 48.3 Å². The minimum absolute atomic E-state index is 0.193. The molecule has 1 heterocycles. The van der Waals surface area contributed by atoms with Crippen molar-refractivity contribution in [2.24, 2.45) is 13.0 Å². The molecule has 2 aromatic rings. The highest BCUT2D eigenvalue weighted by Gasteiger charge is 2.16. The summed E-state index contributed by atoms with van der Waals surface area (Å²) in [5.74, 6) is 1.63. The number of hydrogen-bond acceptors (Lipinski definition) is 4. The fourth-order valence-corrected chi connectivity index (χ4v) is 3.95. The molecule has 1 aromatic heterocycles. The van der Waals surface area contributed by atoms with Crippen molar-refractivity contribution in [1.82, 2.24) is 9.78 Å². The molecular weight excluding hydrogens is 326 g/mol. The van der Waals surface area contributed by atoms with Gasteiger partial charge in [0, 0.05) is 19.3 Å². The van der Waals surface area contributed by atoms with Gasteiger partial charge < -0.3 is 4.74 Å². The number of hydrogen-bond donors (Lipinski definition) is 1. The third kappa shape index (κ3) is 4.29. The van der Waals surface area contributed by atoms with Crippen molar-refractivity contribution in [2.75, 3.05) is 11.3 Å². The van der Waals surface area contributed by atoms with Gasteiger partial charge in [0.05, 0.1) is 11.5 Å². The van der Waals surface area contributed by atoms with Crippen molar-refractivity contribution in [3.63, 3.8) is 0 Å². The van der Waals surface area contributed by atoms with Crippen molar-refractivity contribution in [3.05, 3.63) is 36.5 Å². The number of aromatic nitrogens is 2. The largest absolute Gasteiger partial charge is 0.493 e. The highest BCUT2D eigenvalue weighted by Crippen LogP contribution is 2.25. The predicted octanol–water partition coefficient (Wildman–Crippen LogP) is 3.18. The summed E-state index contributed by atoms with van der Waals surface area (Å²) < 4.78 is 34.5. The molecule has 1 saturated carbocycles. The van der Waals surface area contributed by atoms with Gasteiger partial charge in [-0.15, -0.1) is 0 Å². The van der Waals surface area contributed by atoms with Crippen LogP contribution in [0.2, 0.25) is 0 Å². The van der Waals surface area contributed by atoms with Crippen LogP contribution in [0.15, 0.2) is 41.4 Å². The number of sulfonamides is 1. The quantitative estimate of drug-likeness (QED) is 0.869. The molecule has 0 radical (unpaired) electrons. The minimum atomic E-state index is -3.63. The van der Waals surface area contributed by atoms with Gasteiger partial charge in [-0.3, -0.25) is 9.40 Å². The van der Waals surface area contributed by atoms with Crippen LogP contribution in [-0.4, -0.2) is 24.8 Å². The Hall–Kier alpha value is -2.02. The Morgan fingerprint density at radius 3 is 2.50 bits per heavy atom. The zero-order chi connectivity index (χ0) is 17.0. The zero-order valence-electron chi connectivity index (χ0n) is 13.8. The van der Waals surface area contributed by atoms with Gasteiger partial charge in [0.25, 0.3) is 10.0 Å². The molecule has 1 fully saturated rings. The first kappa shape index (κ1) is 16.8. The molecule has 1 aliphatic carbocycles. The molecule has 24 heavy (non-hydrogen) atoms. The van der Waals surface area contributed by atoms with Crippen LogP contribution in [0.1, 0.15) is 32.1 Å². The minimum Gasteiger partial charge on any atom is -0.493 e. The average Bonchev–Trinajstić information content (AvgIpc) is 2.98. The normalized spacial score (nSPS) is 16.0. The zero-order valence-corrected chi connectivity index (χ0v) is 14.6. The van der Waals surface area contributed by atoms with Crippen molar-refractivity contribution in [1.29, 1.82) is 0 Å². The number of aryl methyl sites for hydroxylation is 1. The monoisotopic (exact) mass is 349 g/mol. The second kappa shape index (κ2) is 7.25. The van der Waals surface area contributed by atoms with Crippen molar-refractivity contribution < 1.29 is 13.2 Å². The molecule has 0 bridgehead atoms. The smallest absolute Gasteiger partial charge is 0.263 e. The number of nitrogens with zero attached hydrogens (tertiary/aromatic N) is 2. The molecular formula is C17H23N3O3S. The summed E-state index contributed by atoms with van der Waals surface area (Å²) in [5.41, 5.74) is 0. The highest BCUT2D eigenvalue weighted by atomic mass is 32.2. The summed E-state index contributed by atoms with van der Waals surface area (Å²) in [4.78, 5) is 0.193. The SMILES string of the molecule is Cn1ccc(NS(=O)(=O)c2ccc(OCC3CCCCC3)cc2)n1. The Bertz CT molecular complexity index is 763. The van der Waals surface area contributed by atoms with Gasteiger partial charge in [0.15, 0.2) is 5.82 Å². The van der Waals surface area contributed by atoms with Crippen LogP contribution in [0.5, 0.6) is 5.75 Å². The van der Waals surface area contributed by atoms with Gasteiger partial charge in [-0.05, 0) is 43.0 Å². The van der Waals surface area contributed by atoms with Crippen molar-refractivity contribution >= 4 is 15.8 Å². The molecule has 0 saturated heterocycles. The van der Waals surface area contributed by atoms with Gasteiger partial charge in [0.1, 0.15) is 5.75 Å². The summed E-state index contributed by atoms with van der Waals surface area (Å²) in [7, 11) is -1.90. The van der Waals surface area contributed by atoms with Crippen LogP contribution in [0.3, 0.4) is 0 Å². The molecule has 0 atom stereocenters. The Morgan fingerprint density at radius 1 is 1.17 bits per heavy atom. The lowest BCUT2D eigenvalue weighted by Gasteiger charge is -2.21. The predicted molar refractivity (Wildman–Crippen MR) is 92.5 cm³/mol. The number of rotatable bonds is 6. The summed E-state index contributed by atoms with van der Waals surface area (Å²) >= 11 is 0. The summed E-state index contributed by atoms with van der Waals surface area (Å²) in [6, 6.07) is 8.13. The molecule has 3 rings (SSSR count). The van der Waals surface area contributed by atoms with Gasteiger partial charge in [0.2, 0.25) is 0 Å². The first-order valence-electron chi connectivity index (χ1n) is 8.28. The van der Waals surface area contributed by atoms with E-state index < -0.39 is 10.0 Å². The van der Waals surface area contributed by atoms with Gasteiger partial charge in [-0.2, -0.15) is 5.10 Å². The number of benzene rings is 1. The molecule has 0 unspecified atom stereocenters. The topological polar surface area (TPSA) is 73.2 Å². The number of nitrogens with one attached hydrogen (secondary N) is 1. The van der Waals surface area contributed by atoms with Crippen LogP contribution in [0, 0.1) is 5.92 Å². The molecule has 130 valence electrons. The van der Waals surface area contributed by atoms with E-state index in [2.05, 4.69) is 9.82 Å². The fraction of sp³-hybridized carbons (Fsp3) is 0.471. The highest BCUT2D eigenvalue weighted by molar-refractivity contribution is 7.92. The molecule has 1 N–H and O–H groups in total. The van der Waals surface area contributed by atoms with E-state index in [4.69, 9.17) is 4.74 Å². The average molecular weight is 349 g/mol. The van der Waals surface area contributed by atoms with E-state index in [0.29, 0.717) is 24.1 Å². The molecule has 0 aliphatic heterocycles. The first-order valence-corrected chi connectivity index (χ1v) is 9.76. The Balaban J connectivity index is 1.60.